The van der Waals surface area contributed by atoms with Gasteiger partial charge in [0.05, 0.1) is 10.5 Å². The molecule has 0 radical (unpaired) electrons. The molecule has 0 aliphatic heterocycles. The van der Waals surface area contributed by atoms with Crippen molar-refractivity contribution in [2.24, 2.45) is 0 Å². The van der Waals surface area contributed by atoms with E-state index in [4.69, 9.17) is 4.74 Å². The predicted molar refractivity (Wildman–Crippen MR) is 86.6 cm³/mol. The summed E-state index contributed by atoms with van der Waals surface area (Å²) in [6.07, 6.45) is 2.49. The molecule has 0 bridgehead atoms. The minimum absolute atomic E-state index is 0.374. The van der Waals surface area contributed by atoms with E-state index >= 15 is 0 Å². The Labute approximate surface area is 131 Å². The molecule has 2 N–H and O–H groups in total. The highest BCUT2D eigenvalue weighted by Crippen LogP contribution is 2.13. The second kappa shape index (κ2) is 7.22. The largest absolute Gasteiger partial charge is 0.444 e. The predicted octanol–water partition coefficient (Wildman–Crippen LogP) is 3.10. The SMILES string of the molecule is CCc1ncc(CNCC(C)(C)NC(=O)OC(C)(C)C)s1. The first-order chi connectivity index (χ1) is 9.61. The number of nitrogens with zero attached hydrogens (tertiary/aromatic N) is 1. The third-order valence-electron chi connectivity index (χ3n) is 2.61. The Kier molecular flexibility index (Phi) is 6.16. The molecular weight excluding hydrogens is 286 g/mol. The minimum atomic E-state index is -0.479. The number of alkyl carbamates (subject to hydrolysis) is 1. The molecule has 0 spiro atoms. The zero-order valence-corrected chi connectivity index (χ0v) is 14.7. The highest BCUT2D eigenvalue weighted by Gasteiger charge is 2.24. The van der Waals surface area contributed by atoms with E-state index in [-0.39, 0.29) is 11.6 Å². The molecule has 0 aromatic carbocycles. The number of aromatic nitrogens is 1. The molecule has 0 aliphatic rings. The van der Waals surface area contributed by atoms with Crippen molar-refractivity contribution in [1.82, 2.24) is 15.6 Å². The zero-order valence-electron chi connectivity index (χ0n) is 13.9. The summed E-state index contributed by atoms with van der Waals surface area (Å²) in [5.41, 5.74) is -0.854. The lowest BCUT2D eigenvalue weighted by molar-refractivity contribution is 0.0472. The molecular formula is C15H27N3O2S. The van der Waals surface area contributed by atoms with Gasteiger partial charge < -0.3 is 15.4 Å². The summed E-state index contributed by atoms with van der Waals surface area (Å²) >= 11 is 1.72. The first kappa shape index (κ1) is 17.9. The van der Waals surface area contributed by atoms with Gasteiger partial charge in [-0.05, 0) is 41.0 Å². The summed E-state index contributed by atoms with van der Waals surface area (Å²) in [6, 6.07) is 0. The molecule has 1 amide bonds. The monoisotopic (exact) mass is 313 g/mol. The zero-order chi connectivity index (χ0) is 16.1. The number of aryl methyl sites for hydroxylation is 1. The molecule has 0 saturated carbocycles. The fourth-order valence-corrected chi connectivity index (χ4v) is 2.55. The van der Waals surface area contributed by atoms with Gasteiger partial charge in [-0.3, -0.25) is 0 Å². The Bertz CT molecular complexity index is 464. The number of carbonyl (C=O) groups is 1. The maximum atomic E-state index is 11.8. The van der Waals surface area contributed by atoms with Crippen LogP contribution in [0.5, 0.6) is 0 Å². The molecule has 21 heavy (non-hydrogen) atoms. The fraction of sp³-hybridized carbons (Fsp3) is 0.733. The average molecular weight is 313 g/mol. The number of thiazole rings is 1. The molecule has 0 aliphatic carbocycles. The van der Waals surface area contributed by atoms with Crippen LogP contribution in [0.3, 0.4) is 0 Å². The molecule has 120 valence electrons. The van der Waals surface area contributed by atoms with Crippen molar-refractivity contribution in [1.29, 1.82) is 0 Å². The van der Waals surface area contributed by atoms with Crippen molar-refractivity contribution < 1.29 is 9.53 Å². The van der Waals surface area contributed by atoms with Crippen LogP contribution < -0.4 is 10.6 Å². The van der Waals surface area contributed by atoms with Gasteiger partial charge >= 0.3 is 6.09 Å². The minimum Gasteiger partial charge on any atom is -0.444 e. The fourth-order valence-electron chi connectivity index (χ4n) is 1.72. The Morgan fingerprint density at radius 3 is 2.52 bits per heavy atom. The van der Waals surface area contributed by atoms with Crippen molar-refractivity contribution >= 4 is 17.4 Å². The van der Waals surface area contributed by atoms with Gasteiger partial charge in [0.2, 0.25) is 0 Å². The van der Waals surface area contributed by atoms with Crippen molar-refractivity contribution in [2.45, 2.75) is 65.6 Å². The number of hydrogen-bond acceptors (Lipinski definition) is 5. The van der Waals surface area contributed by atoms with E-state index in [0.29, 0.717) is 6.54 Å². The van der Waals surface area contributed by atoms with Crippen LogP contribution in [-0.4, -0.2) is 28.8 Å². The molecule has 0 atom stereocenters. The summed E-state index contributed by atoms with van der Waals surface area (Å²) in [5.74, 6) is 0. The van der Waals surface area contributed by atoms with Crippen molar-refractivity contribution in [3.8, 4) is 0 Å². The van der Waals surface area contributed by atoms with E-state index in [1.54, 1.807) is 11.3 Å². The maximum Gasteiger partial charge on any atom is 0.408 e. The Balaban J connectivity index is 2.36. The van der Waals surface area contributed by atoms with Gasteiger partial charge in [0.15, 0.2) is 0 Å². The van der Waals surface area contributed by atoms with Gasteiger partial charge in [0, 0.05) is 24.2 Å². The maximum absolute atomic E-state index is 11.8. The lowest BCUT2D eigenvalue weighted by Gasteiger charge is -2.28. The third kappa shape index (κ3) is 7.43. The lowest BCUT2D eigenvalue weighted by Crippen LogP contribution is -2.51. The topological polar surface area (TPSA) is 63.2 Å². The van der Waals surface area contributed by atoms with Crippen molar-refractivity contribution in [2.75, 3.05) is 6.54 Å². The summed E-state index contributed by atoms with van der Waals surface area (Å²) in [5, 5.41) is 7.38. The number of amides is 1. The second-order valence-corrected chi connectivity index (χ2v) is 7.89. The molecule has 1 rings (SSSR count). The van der Waals surface area contributed by atoms with Crippen molar-refractivity contribution in [3.63, 3.8) is 0 Å². The van der Waals surface area contributed by atoms with Gasteiger partial charge in [0.25, 0.3) is 0 Å². The molecule has 1 aromatic heterocycles. The standard InChI is InChI=1S/C15H27N3O2S/c1-7-12-17-9-11(21-12)8-16-10-15(5,6)18-13(19)20-14(2,3)4/h9,16H,7-8,10H2,1-6H3,(H,18,19). The van der Waals surface area contributed by atoms with E-state index in [1.165, 1.54) is 4.88 Å². The average Bonchev–Trinajstić information content (AvgIpc) is 2.73. The smallest absolute Gasteiger partial charge is 0.408 e. The van der Waals surface area contributed by atoms with Crippen LogP contribution in [0.2, 0.25) is 0 Å². The first-order valence-corrected chi connectivity index (χ1v) is 8.08. The normalized spacial score (nSPS) is 12.3. The molecule has 0 unspecified atom stereocenters. The van der Waals surface area contributed by atoms with Gasteiger partial charge in [0.1, 0.15) is 5.60 Å². The van der Waals surface area contributed by atoms with Crippen LogP contribution in [0.1, 0.15) is 51.4 Å². The second-order valence-electron chi connectivity index (χ2n) is 6.69. The molecule has 1 aromatic rings. The number of rotatable bonds is 6. The van der Waals surface area contributed by atoms with Gasteiger partial charge in [-0.25, -0.2) is 9.78 Å². The summed E-state index contributed by atoms with van der Waals surface area (Å²) in [4.78, 5) is 17.3. The van der Waals surface area contributed by atoms with E-state index in [0.717, 1.165) is 18.0 Å². The van der Waals surface area contributed by atoms with Gasteiger partial charge in [-0.15, -0.1) is 11.3 Å². The summed E-state index contributed by atoms with van der Waals surface area (Å²) in [7, 11) is 0. The summed E-state index contributed by atoms with van der Waals surface area (Å²) < 4.78 is 5.27. The van der Waals surface area contributed by atoms with Crippen LogP contribution >= 0.6 is 11.3 Å². The van der Waals surface area contributed by atoms with Crippen LogP contribution in [0, 0.1) is 0 Å². The Hall–Kier alpha value is -1.14. The molecule has 6 heteroatoms. The first-order valence-electron chi connectivity index (χ1n) is 7.27. The van der Waals surface area contributed by atoms with E-state index in [1.807, 2.05) is 40.8 Å². The van der Waals surface area contributed by atoms with Crippen molar-refractivity contribution in [3.05, 3.63) is 16.1 Å². The molecule has 0 fully saturated rings. The van der Waals surface area contributed by atoms with Crippen LogP contribution in [-0.2, 0) is 17.7 Å². The summed E-state index contributed by atoms with van der Waals surface area (Å²) in [6.45, 7) is 13.0. The molecule has 1 heterocycles. The lowest BCUT2D eigenvalue weighted by atomic mass is 10.1. The van der Waals surface area contributed by atoms with Gasteiger partial charge in [-0.2, -0.15) is 0 Å². The molecule has 0 saturated heterocycles. The highest BCUT2D eigenvalue weighted by atomic mass is 32.1. The van der Waals surface area contributed by atoms with E-state index in [2.05, 4.69) is 22.5 Å². The number of nitrogens with one attached hydrogen (secondary N) is 2. The third-order valence-corrected chi connectivity index (χ3v) is 3.75. The Morgan fingerprint density at radius 1 is 1.33 bits per heavy atom. The number of hydrogen-bond donors (Lipinski definition) is 2. The van der Waals surface area contributed by atoms with Gasteiger partial charge in [-0.1, -0.05) is 6.92 Å². The number of ether oxygens (including phenoxy) is 1. The quantitative estimate of drug-likeness (QED) is 0.847. The van der Waals surface area contributed by atoms with E-state index < -0.39 is 5.60 Å². The number of carbonyl (C=O) groups excluding carboxylic acids is 1. The Morgan fingerprint density at radius 2 is 2.00 bits per heavy atom. The van der Waals surface area contributed by atoms with Crippen LogP contribution in [0.4, 0.5) is 4.79 Å². The van der Waals surface area contributed by atoms with Crippen LogP contribution in [0.25, 0.3) is 0 Å². The molecule has 5 nitrogen and oxygen atoms in total. The highest BCUT2D eigenvalue weighted by molar-refractivity contribution is 7.11. The van der Waals surface area contributed by atoms with Crippen LogP contribution in [0.15, 0.2) is 6.20 Å². The van der Waals surface area contributed by atoms with E-state index in [9.17, 15) is 4.79 Å².